The summed E-state index contributed by atoms with van der Waals surface area (Å²) in [6, 6.07) is 6.37. The van der Waals surface area contributed by atoms with E-state index in [1.807, 2.05) is 20.8 Å². The number of carbonyl (C=O) groups is 3. The summed E-state index contributed by atoms with van der Waals surface area (Å²) in [5.41, 5.74) is 11.7. The fourth-order valence-corrected chi connectivity index (χ4v) is 4.98. The molecule has 0 unspecified atom stereocenters. The standard InChI is InChI=1S/C24H33N5O4S/c1-4-33-18-12-8-7-11-16(18)29(24(32)21-19(25)20(22(26)30)28-34-21)17(13-14(2)3)23(31)27-15-9-5-6-10-15/h7-8,11-12,14-15,17H,4-6,9-10,13,25H2,1-3H3,(H2,26,30)(H,27,31)/t17-/m1/s1. The van der Waals surface area contributed by atoms with E-state index in [4.69, 9.17) is 16.2 Å². The molecule has 9 nitrogen and oxygen atoms in total. The number of amides is 3. The molecule has 3 rings (SSSR count). The number of nitrogens with one attached hydrogen (secondary N) is 1. The Morgan fingerprint density at radius 1 is 1.24 bits per heavy atom. The first-order valence-corrected chi connectivity index (χ1v) is 12.4. The number of nitrogen functional groups attached to an aromatic ring is 1. The smallest absolute Gasteiger partial charge is 0.272 e. The van der Waals surface area contributed by atoms with E-state index in [0.29, 0.717) is 24.5 Å². The minimum atomic E-state index is -0.813. The van der Waals surface area contributed by atoms with Gasteiger partial charge in [0, 0.05) is 6.04 Å². The number of primary amides is 1. The highest BCUT2D eigenvalue weighted by molar-refractivity contribution is 7.09. The molecule has 0 saturated heterocycles. The summed E-state index contributed by atoms with van der Waals surface area (Å²) < 4.78 is 9.79. The number of rotatable bonds is 10. The second-order valence-corrected chi connectivity index (χ2v) is 9.62. The van der Waals surface area contributed by atoms with Gasteiger partial charge in [-0.1, -0.05) is 38.8 Å². The Morgan fingerprint density at radius 3 is 2.50 bits per heavy atom. The summed E-state index contributed by atoms with van der Waals surface area (Å²) in [5, 5.41) is 3.14. The van der Waals surface area contributed by atoms with Gasteiger partial charge in [-0.3, -0.25) is 19.3 Å². The highest BCUT2D eigenvalue weighted by Crippen LogP contribution is 2.35. The number of benzene rings is 1. The van der Waals surface area contributed by atoms with Crippen LogP contribution in [0, 0.1) is 5.92 Å². The lowest BCUT2D eigenvalue weighted by molar-refractivity contribution is -0.123. The zero-order valence-electron chi connectivity index (χ0n) is 19.9. The molecule has 0 spiro atoms. The van der Waals surface area contributed by atoms with Gasteiger partial charge in [0.1, 0.15) is 16.7 Å². The normalized spacial score (nSPS) is 14.7. The number of anilines is 2. The maximum atomic E-state index is 14.0. The molecule has 10 heteroatoms. The van der Waals surface area contributed by atoms with Crippen LogP contribution in [0.3, 0.4) is 0 Å². The predicted molar refractivity (Wildman–Crippen MR) is 133 cm³/mol. The van der Waals surface area contributed by atoms with Crippen LogP contribution in [-0.2, 0) is 4.79 Å². The highest BCUT2D eigenvalue weighted by Gasteiger charge is 2.37. The van der Waals surface area contributed by atoms with Crippen molar-refractivity contribution in [2.45, 2.75) is 65.0 Å². The van der Waals surface area contributed by atoms with E-state index in [-0.39, 0.29) is 34.1 Å². The van der Waals surface area contributed by atoms with Crippen LogP contribution in [-0.4, -0.2) is 40.8 Å². The van der Waals surface area contributed by atoms with Crippen molar-refractivity contribution in [1.82, 2.24) is 9.69 Å². The van der Waals surface area contributed by atoms with Crippen molar-refractivity contribution < 1.29 is 19.1 Å². The van der Waals surface area contributed by atoms with Gasteiger partial charge >= 0.3 is 0 Å². The first-order valence-electron chi connectivity index (χ1n) is 11.6. The SMILES string of the molecule is CCOc1ccccc1N(C(=O)c1snc(C(N)=O)c1N)[C@H](CC(C)C)C(=O)NC1CCCC1. The summed E-state index contributed by atoms with van der Waals surface area (Å²) in [4.78, 5) is 40.7. The van der Waals surface area contributed by atoms with Gasteiger partial charge in [0.05, 0.1) is 18.0 Å². The number of aromatic nitrogens is 1. The molecule has 3 amide bonds. The van der Waals surface area contributed by atoms with Crippen molar-refractivity contribution in [2.24, 2.45) is 11.7 Å². The minimum absolute atomic E-state index is 0.0579. The predicted octanol–water partition coefficient (Wildman–Crippen LogP) is 3.34. The lowest BCUT2D eigenvalue weighted by Crippen LogP contribution is -2.52. The fourth-order valence-electron chi connectivity index (χ4n) is 4.23. The molecular weight excluding hydrogens is 454 g/mol. The van der Waals surface area contributed by atoms with Gasteiger partial charge in [-0.25, -0.2) is 0 Å². The second-order valence-electron chi connectivity index (χ2n) is 8.85. The van der Waals surface area contributed by atoms with Crippen LogP contribution in [0.4, 0.5) is 11.4 Å². The quantitative estimate of drug-likeness (QED) is 0.469. The molecule has 1 heterocycles. The third-order valence-electron chi connectivity index (χ3n) is 5.81. The Labute approximate surface area is 204 Å². The molecule has 0 aliphatic heterocycles. The first-order chi connectivity index (χ1) is 16.2. The Morgan fingerprint density at radius 2 is 1.91 bits per heavy atom. The summed E-state index contributed by atoms with van der Waals surface area (Å²) in [6.45, 7) is 6.23. The van der Waals surface area contributed by atoms with Crippen LogP contribution < -0.4 is 26.4 Å². The number of hydrogen-bond donors (Lipinski definition) is 3. The number of ether oxygens (including phenoxy) is 1. The molecule has 1 fully saturated rings. The monoisotopic (exact) mass is 487 g/mol. The van der Waals surface area contributed by atoms with E-state index in [9.17, 15) is 14.4 Å². The van der Waals surface area contributed by atoms with Gasteiger partial charge in [0.15, 0.2) is 5.69 Å². The Balaban J connectivity index is 2.11. The van der Waals surface area contributed by atoms with Crippen LogP contribution in [0.25, 0.3) is 0 Å². The van der Waals surface area contributed by atoms with Gasteiger partial charge < -0.3 is 21.5 Å². The fraction of sp³-hybridized carbons (Fsp3) is 0.500. The first kappa shape index (κ1) is 25.5. The van der Waals surface area contributed by atoms with Crippen LogP contribution >= 0.6 is 11.5 Å². The maximum absolute atomic E-state index is 14.0. The number of hydrogen-bond acceptors (Lipinski definition) is 7. The third-order valence-corrected chi connectivity index (χ3v) is 6.66. The average Bonchev–Trinajstić information content (AvgIpc) is 3.43. The van der Waals surface area contributed by atoms with Crippen molar-refractivity contribution in [3.63, 3.8) is 0 Å². The van der Waals surface area contributed by atoms with E-state index in [2.05, 4.69) is 9.69 Å². The van der Waals surface area contributed by atoms with Crippen LogP contribution in [0.2, 0.25) is 0 Å². The Hall–Kier alpha value is -3.14. The van der Waals surface area contributed by atoms with E-state index in [0.717, 1.165) is 37.2 Å². The zero-order valence-corrected chi connectivity index (χ0v) is 20.7. The van der Waals surface area contributed by atoms with E-state index in [1.54, 1.807) is 24.3 Å². The molecule has 0 bridgehead atoms. The molecule has 1 aliphatic carbocycles. The van der Waals surface area contributed by atoms with Crippen LogP contribution in [0.1, 0.15) is 73.0 Å². The lowest BCUT2D eigenvalue weighted by Gasteiger charge is -2.33. The van der Waals surface area contributed by atoms with Crippen molar-refractivity contribution in [1.29, 1.82) is 0 Å². The molecule has 0 radical (unpaired) electrons. The number of para-hydroxylation sites is 2. The van der Waals surface area contributed by atoms with Crippen LogP contribution in [0.5, 0.6) is 5.75 Å². The van der Waals surface area contributed by atoms with Gasteiger partial charge in [-0.15, -0.1) is 0 Å². The van der Waals surface area contributed by atoms with E-state index < -0.39 is 17.9 Å². The van der Waals surface area contributed by atoms with Gasteiger partial charge in [-0.05, 0) is 55.8 Å². The number of nitrogens with two attached hydrogens (primary N) is 2. The summed E-state index contributed by atoms with van der Waals surface area (Å²) in [7, 11) is 0. The number of carbonyl (C=O) groups excluding carboxylic acids is 3. The summed E-state index contributed by atoms with van der Waals surface area (Å²) >= 11 is 0.796. The molecule has 1 aliphatic rings. The highest BCUT2D eigenvalue weighted by atomic mass is 32.1. The van der Waals surface area contributed by atoms with Gasteiger partial charge in [0.25, 0.3) is 11.8 Å². The molecule has 1 atom stereocenters. The average molecular weight is 488 g/mol. The van der Waals surface area contributed by atoms with Crippen molar-refractivity contribution >= 4 is 40.6 Å². The molecule has 1 saturated carbocycles. The van der Waals surface area contributed by atoms with E-state index in [1.165, 1.54) is 4.90 Å². The Kier molecular flexibility index (Phi) is 8.49. The number of nitrogens with zero attached hydrogens (tertiary/aromatic N) is 2. The lowest BCUT2D eigenvalue weighted by atomic mass is 9.99. The molecular formula is C24H33N5O4S. The molecule has 1 aromatic carbocycles. The minimum Gasteiger partial charge on any atom is -0.492 e. The topological polar surface area (TPSA) is 141 Å². The van der Waals surface area contributed by atoms with E-state index >= 15 is 0 Å². The summed E-state index contributed by atoms with van der Waals surface area (Å²) in [6.07, 6.45) is 4.42. The Bertz CT molecular complexity index is 1030. The largest absolute Gasteiger partial charge is 0.492 e. The van der Waals surface area contributed by atoms with Gasteiger partial charge in [0.2, 0.25) is 5.91 Å². The van der Waals surface area contributed by atoms with Crippen LogP contribution in [0.15, 0.2) is 24.3 Å². The van der Waals surface area contributed by atoms with Crippen molar-refractivity contribution in [2.75, 3.05) is 17.2 Å². The third kappa shape index (κ3) is 5.67. The molecule has 34 heavy (non-hydrogen) atoms. The molecule has 2 aromatic rings. The van der Waals surface area contributed by atoms with Crippen molar-refractivity contribution in [3.05, 3.63) is 34.8 Å². The molecule has 1 aromatic heterocycles. The zero-order chi connectivity index (χ0) is 24.8. The molecule has 5 N–H and O–H groups in total. The second kappa shape index (κ2) is 11.3. The van der Waals surface area contributed by atoms with Gasteiger partial charge in [-0.2, -0.15) is 4.37 Å². The van der Waals surface area contributed by atoms with Crippen molar-refractivity contribution in [3.8, 4) is 5.75 Å². The molecule has 184 valence electrons. The maximum Gasteiger partial charge on any atom is 0.272 e. The summed E-state index contributed by atoms with van der Waals surface area (Å²) in [5.74, 6) is -0.972.